The largest absolute Gasteiger partial charge is 0.396 e. The van der Waals surface area contributed by atoms with Crippen LogP contribution in [0.15, 0.2) is 27.8 Å². The fourth-order valence-electron chi connectivity index (χ4n) is 4.04. The fraction of sp³-hybridized carbons (Fsp3) is 0.476. The van der Waals surface area contributed by atoms with Crippen LogP contribution in [-0.4, -0.2) is 36.9 Å². The summed E-state index contributed by atoms with van der Waals surface area (Å²) in [5.74, 6) is 0.998. The molecule has 0 radical (unpaired) electrons. The Bertz CT molecular complexity index is 1200. The minimum Gasteiger partial charge on any atom is -0.396 e. The van der Waals surface area contributed by atoms with E-state index in [2.05, 4.69) is 43.9 Å². The maximum absolute atomic E-state index is 13.2. The second kappa shape index (κ2) is 7.18. The SMILES string of the molecule is Cc1ccc(N2C[C@H](C)Cn3c2nc2c3c(=O)n(CCCO)c(=O)n2C)cc1C. The molecule has 0 aliphatic carbocycles. The van der Waals surface area contributed by atoms with E-state index in [-0.39, 0.29) is 18.7 Å². The van der Waals surface area contributed by atoms with E-state index in [1.807, 2.05) is 4.57 Å². The van der Waals surface area contributed by atoms with E-state index in [0.29, 0.717) is 36.0 Å². The third kappa shape index (κ3) is 3.07. The van der Waals surface area contributed by atoms with Crippen LogP contribution in [0.3, 0.4) is 0 Å². The summed E-state index contributed by atoms with van der Waals surface area (Å²) in [6.45, 7) is 7.88. The van der Waals surface area contributed by atoms with Gasteiger partial charge < -0.3 is 14.6 Å². The smallest absolute Gasteiger partial charge is 0.332 e. The lowest BCUT2D eigenvalue weighted by atomic mass is 10.1. The molecule has 8 heteroatoms. The van der Waals surface area contributed by atoms with E-state index in [0.717, 1.165) is 12.2 Å². The predicted molar refractivity (Wildman–Crippen MR) is 113 cm³/mol. The summed E-state index contributed by atoms with van der Waals surface area (Å²) in [5.41, 5.74) is 3.55. The first-order valence-corrected chi connectivity index (χ1v) is 9.99. The average Bonchev–Trinajstić information content (AvgIpc) is 3.07. The highest BCUT2D eigenvalue weighted by molar-refractivity contribution is 5.77. The molecule has 4 rings (SSSR count). The number of rotatable bonds is 4. The van der Waals surface area contributed by atoms with Gasteiger partial charge in [-0.3, -0.25) is 13.9 Å². The minimum absolute atomic E-state index is 0.0737. The molecule has 0 saturated carbocycles. The van der Waals surface area contributed by atoms with Crippen LogP contribution in [0, 0.1) is 19.8 Å². The van der Waals surface area contributed by atoms with E-state index in [4.69, 9.17) is 10.1 Å². The van der Waals surface area contributed by atoms with Gasteiger partial charge in [0.05, 0.1) is 0 Å². The topological polar surface area (TPSA) is 85.3 Å². The molecule has 3 aromatic rings. The van der Waals surface area contributed by atoms with Crippen LogP contribution in [-0.2, 0) is 20.1 Å². The van der Waals surface area contributed by atoms with Crippen LogP contribution in [0.25, 0.3) is 11.2 Å². The standard InChI is InChI=1S/C21H27N5O3/c1-13-11-25(16-7-6-14(2)15(3)10-16)20-22-18-17(26(20)12-13)19(28)24(8-5-9-27)21(29)23(18)4/h6-7,10,13,27H,5,8-9,11-12H2,1-4H3/t13-/m0/s1. The van der Waals surface area contributed by atoms with Gasteiger partial charge >= 0.3 is 5.69 Å². The molecule has 0 amide bonds. The van der Waals surface area contributed by atoms with Gasteiger partial charge in [0, 0.05) is 39.0 Å². The summed E-state index contributed by atoms with van der Waals surface area (Å²) in [4.78, 5) is 32.7. The van der Waals surface area contributed by atoms with Gasteiger partial charge in [-0.05, 0) is 49.4 Å². The molecule has 154 valence electrons. The van der Waals surface area contributed by atoms with Crippen molar-refractivity contribution in [2.45, 2.75) is 40.3 Å². The molecule has 8 nitrogen and oxygen atoms in total. The first-order chi connectivity index (χ1) is 13.8. The third-order valence-electron chi connectivity index (χ3n) is 5.78. The Balaban J connectivity index is 1.97. The quantitative estimate of drug-likeness (QED) is 0.724. The van der Waals surface area contributed by atoms with Crippen LogP contribution >= 0.6 is 0 Å². The van der Waals surface area contributed by atoms with Crippen molar-refractivity contribution in [3.63, 3.8) is 0 Å². The lowest BCUT2D eigenvalue weighted by Crippen LogP contribution is -2.40. The van der Waals surface area contributed by atoms with Crippen LogP contribution < -0.4 is 16.1 Å². The summed E-state index contributed by atoms with van der Waals surface area (Å²) in [6.07, 6.45) is 0.354. The van der Waals surface area contributed by atoms with Crippen molar-refractivity contribution >= 4 is 22.8 Å². The van der Waals surface area contributed by atoms with Gasteiger partial charge in [0.2, 0.25) is 5.95 Å². The van der Waals surface area contributed by atoms with Crippen molar-refractivity contribution in [1.29, 1.82) is 0 Å². The predicted octanol–water partition coefficient (Wildman–Crippen LogP) is 1.68. The Kier molecular flexibility index (Phi) is 4.82. The molecular weight excluding hydrogens is 370 g/mol. The number of fused-ring (bicyclic) bond motifs is 3. The summed E-state index contributed by atoms with van der Waals surface area (Å²) < 4.78 is 4.58. The van der Waals surface area contributed by atoms with E-state index in [9.17, 15) is 9.59 Å². The van der Waals surface area contributed by atoms with Crippen molar-refractivity contribution in [1.82, 2.24) is 18.7 Å². The van der Waals surface area contributed by atoms with Crippen LogP contribution in [0.1, 0.15) is 24.5 Å². The summed E-state index contributed by atoms with van der Waals surface area (Å²) in [6, 6.07) is 6.30. The first kappa shape index (κ1) is 19.4. The van der Waals surface area contributed by atoms with Crippen LogP contribution in [0.2, 0.25) is 0 Å². The molecule has 1 aromatic carbocycles. The number of anilines is 2. The molecule has 2 aromatic heterocycles. The molecule has 1 atom stereocenters. The molecule has 1 aliphatic rings. The molecule has 29 heavy (non-hydrogen) atoms. The number of aryl methyl sites for hydroxylation is 3. The minimum atomic E-state index is -0.405. The second-order valence-electron chi connectivity index (χ2n) is 8.05. The number of imidazole rings is 1. The molecule has 3 heterocycles. The highest BCUT2D eigenvalue weighted by atomic mass is 16.3. The lowest BCUT2D eigenvalue weighted by Gasteiger charge is -2.33. The van der Waals surface area contributed by atoms with Gasteiger partial charge in [0.1, 0.15) is 0 Å². The summed E-state index contributed by atoms with van der Waals surface area (Å²) >= 11 is 0. The molecule has 0 bridgehead atoms. The lowest BCUT2D eigenvalue weighted by molar-refractivity contribution is 0.277. The normalized spacial score (nSPS) is 16.4. The number of aromatic nitrogens is 4. The van der Waals surface area contributed by atoms with Gasteiger partial charge in [0.25, 0.3) is 5.56 Å². The number of nitrogens with zero attached hydrogens (tertiary/aromatic N) is 5. The summed E-state index contributed by atoms with van der Waals surface area (Å²) in [7, 11) is 1.64. The molecule has 0 spiro atoms. The zero-order chi connectivity index (χ0) is 20.9. The van der Waals surface area contributed by atoms with Crippen molar-refractivity contribution < 1.29 is 5.11 Å². The highest BCUT2D eigenvalue weighted by Crippen LogP contribution is 2.33. The maximum atomic E-state index is 13.2. The number of aliphatic hydroxyl groups is 1. The maximum Gasteiger partial charge on any atom is 0.332 e. The second-order valence-corrected chi connectivity index (χ2v) is 8.05. The van der Waals surface area contributed by atoms with Gasteiger partial charge in [-0.2, -0.15) is 4.98 Å². The van der Waals surface area contributed by atoms with Crippen LogP contribution in [0.5, 0.6) is 0 Å². The van der Waals surface area contributed by atoms with E-state index < -0.39 is 5.69 Å². The van der Waals surface area contributed by atoms with E-state index in [1.54, 1.807) is 7.05 Å². The molecule has 0 unspecified atom stereocenters. The zero-order valence-corrected chi connectivity index (χ0v) is 17.3. The van der Waals surface area contributed by atoms with E-state index >= 15 is 0 Å². The Morgan fingerprint density at radius 2 is 1.93 bits per heavy atom. The van der Waals surface area contributed by atoms with Gasteiger partial charge in [-0.1, -0.05) is 13.0 Å². The van der Waals surface area contributed by atoms with Gasteiger partial charge in [0.15, 0.2) is 11.2 Å². The molecule has 1 aliphatic heterocycles. The number of aliphatic hydroxyl groups excluding tert-OH is 1. The Hall–Kier alpha value is -2.87. The van der Waals surface area contributed by atoms with Crippen molar-refractivity contribution in [3.05, 3.63) is 50.2 Å². The number of benzene rings is 1. The Morgan fingerprint density at radius 3 is 2.62 bits per heavy atom. The van der Waals surface area contributed by atoms with Crippen molar-refractivity contribution in [2.24, 2.45) is 13.0 Å². The Labute approximate surface area is 168 Å². The Morgan fingerprint density at radius 1 is 1.17 bits per heavy atom. The van der Waals surface area contributed by atoms with Crippen LogP contribution in [0.4, 0.5) is 11.6 Å². The first-order valence-electron chi connectivity index (χ1n) is 9.99. The van der Waals surface area contributed by atoms with Gasteiger partial charge in [-0.15, -0.1) is 0 Å². The monoisotopic (exact) mass is 397 g/mol. The average molecular weight is 397 g/mol. The van der Waals surface area contributed by atoms with Gasteiger partial charge in [-0.25, -0.2) is 4.79 Å². The number of hydrogen-bond donors (Lipinski definition) is 1. The molecular formula is C21H27N5O3. The van der Waals surface area contributed by atoms with E-state index in [1.165, 1.54) is 20.3 Å². The highest BCUT2D eigenvalue weighted by Gasteiger charge is 2.29. The third-order valence-corrected chi connectivity index (χ3v) is 5.78. The fourth-order valence-corrected chi connectivity index (χ4v) is 4.04. The molecule has 0 saturated heterocycles. The molecule has 0 fully saturated rings. The molecule has 1 N–H and O–H groups in total. The van der Waals surface area contributed by atoms with Crippen molar-refractivity contribution in [3.8, 4) is 0 Å². The van der Waals surface area contributed by atoms with Crippen molar-refractivity contribution in [2.75, 3.05) is 18.1 Å². The zero-order valence-electron chi connectivity index (χ0n) is 17.3. The summed E-state index contributed by atoms with van der Waals surface area (Å²) in [5, 5.41) is 9.13. The number of hydrogen-bond acceptors (Lipinski definition) is 5.